The lowest BCUT2D eigenvalue weighted by Crippen LogP contribution is -2.26. The molecule has 2 aromatic carbocycles. The van der Waals surface area contributed by atoms with Gasteiger partial charge in [-0.25, -0.2) is 9.38 Å². The number of hydrogen-bond donors (Lipinski definition) is 2. The third-order valence-electron chi connectivity index (χ3n) is 4.45. The Morgan fingerprint density at radius 1 is 1.22 bits per heavy atom. The van der Waals surface area contributed by atoms with Crippen molar-refractivity contribution < 1.29 is 14.2 Å². The van der Waals surface area contributed by atoms with E-state index in [0.717, 1.165) is 16.9 Å². The van der Waals surface area contributed by atoms with Crippen molar-refractivity contribution in [3.05, 3.63) is 65.5 Å². The van der Waals surface area contributed by atoms with Crippen LogP contribution in [-0.2, 0) is 6.42 Å². The lowest BCUT2D eigenvalue weighted by Gasteiger charge is -2.06. The largest absolute Gasteiger partial charge is 0.497 e. The number of aromatic nitrogens is 2. The topological polar surface area (TPSA) is 71.7 Å². The first-order chi connectivity index (χ1) is 13.2. The number of aliphatic imine (C=N–C) groups is 1. The van der Waals surface area contributed by atoms with Gasteiger partial charge in [0.2, 0.25) is 11.8 Å². The van der Waals surface area contributed by atoms with Gasteiger partial charge in [-0.15, -0.1) is 0 Å². The Labute approximate surface area is 155 Å². The van der Waals surface area contributed by atoms with Crippen molar-refractivity contribution in [2.45, 2.75) is 6.42 Å². The third kappa shape index (κ3) is 3.36. The van der Waals surface area contributed by atoms with E-state index in [4.69, 9.17) is 4.74 Å². The van der Waals surface area contributed by atoms with E-state index in [9.17, 15) is 9.50 Å². The lowest BCUT2D eigenvalue weighted by atomic mass is 10.0. The normalized spacial score (nSPS) is 13.3. The summed E-state index contributed by atoms with van der Waals surface area (Å²) in [4.78, 5) is 4.33. The van der Waals surface area contributed by atoms with Crippen molar-refractivity contribution in [2.24, 2.45) is 4.99 Å². The van der Waals surface area contributed by atoms with Crippen LogP contribution in [0.3, 0.4) is 0 Å². The van der Waals surface area contributed by atoms with Gasteiger partial charge >= 0.3 is 0 Å². The maximum absolute atomic E-state index is 13.3. The second-order valence-electron chi connectivity index (χ2n) is 6.23. The Morgan fingerprint density at radius 2 is 2.04 bits per heavy atom. The molecule has 0 bridgehead atoms. The number of aromatic hydroxyl groups is 1. The number of nitrogens with one attached hydrogen (secondary N) is 1. The van der Waals surface area contributed by atoms with Gasteiger partial charge in [-0.05, 0) is 42.0 Å². The number of methoxy groups -OCH3 is 1. The van der Waals surface area contributed by atoms with Crippen LogP contribution in [0.5, 0.6) is 11.6 Å². The molecule has 27 heavy (non-hydrogen) atoms. The summed E-state index contributed by atoms with van der Waals surface area (Å²) in [5.74, 6) is 0.946. The van der Waals surface area contributed by atoms with Crippen molar-refractivity contribution in [1.29, 1.82) is 0 Å². The van der Waals surface area contributed by atoms with Crippen molar-refractivity contribution in [1.82, 2.24) is 15.1 Å². The van der Waals surface area contributed by atoms with E-state index in [-0.39, 0.29) is 11.7 Å². The summed E-state index contributed by atoms with van der Waals surface area (Å²) in [6, 6.07) is 13.7. The Kier molecular flexibility index (Phi) is 4.50. The molecule has 4 rings (SSSR count). The zero-order valence-electron chi connectivity index (χ0n) is 14.8. The minimum Gasteiger partial charge on any atom is -0.497 e. The van der Waals surface area contributed by atoms with Gasteiger partial charge in [0.15, 0.2) is 0 Å². The van der Waals surface area contributed by atoms with Crippen molar-refractivity contribution >= 4 is 5.96 Å². The molecule has 2 N–H and O–H groups in total. The van der Waals surface area contributed by atoms with Crippen LogP contribution in [0.1, 0.15) is 11.1 Å². The van der Waals surface area contributed by atoms with Gasteiger partial charge in [0.05, 0.1) is 13.7 Å². The molecule has 138 valence electrons. The van der Waals surface area contributed by atoms with Gasteiger partial charge in [-0.2, -0.15) is 9.78 Å². The highest BCUT2D eigenvalue weighted by atomic mass is 19.1. The summed E-state index contributed by atoms with van der Waals surface area (Å²) in [6.07, 6.45) is 0.447. The van der Waals surface area contributed by atoms with E-state index in [1.165, 1.54) is 16.8 Å². The zero-order chi connectivity index (χ0) is 18.8. The average molecular weight is 366 g/mol. The second kappa shape index (κ2) is 7.11. The maximum Gasteiger partial charge on any atom is 0.222 e. The van der Waals surface area contributed by atoms with E-state index in [1.54, 1.807) is 19.2 Å². The molecule has 0 amide bonds. The number of nitrogens with zero attached hydrogens (tertiary/aromatic N) is 3. The van der Waals surface area contributed by atoms with Crippen molar-refractivity contribution in [2.75, 3.05) is 20.2 Å². The molecule has 0 fully saturated rings. The highest BCUT2D eigenvalue weighted by molar-refractivity contribution is 5.85. The summed E-state index contributed by atoms with van der Waals surface area (Å²) in [7, 11) is 1.61. The van der Waals surface area contributed by atoms with Crippen LogP contribution in [0.25, 0.3) is 11.3 Å². The van der Waals surface area contributed by atoms with E-state index in [2.05, 4.69) is 15.4 Å². The molecule has 6 nitrogen and oxygen atoms in total. The molecule has 3 aromatic rings. The van der Waals surface area contributed by atoms with Crippen LogP contribution in [0.4, 0.5) is 4.39 Å². The Hall–Kier alpha value is -3.35. The van der Waals surface area contributed by atoms with Crippen LogP contribution in [0.15, 0.2) is 53.5 Å². The zero-order valence-corrected chi connectivity index (χ0v) is 14.8. The summed E-state index contributed by atoms with van der Waals surface area (Å²) in [5, 5.41) is 18.5. The lowest BCUT2D eigenvalue weighted by molar-refractivity contribution is 0.414. The molecule has 1 aromatic heterocycles. The first-order valence-electron chi connectivity index (χ1n) is 8.64. The highest BCUT2D eigenvalue weighted by Gasteiger charge is 2.23. The van der Waals surface area contributed by atoms with Gasteiger partial charge in [0.25, 0.3) is 0 Å². The van der Waals surface area contributed by atoms with E-state index < -0.39 is 0 Å². The number of hydrogen-bond acceptors (Lipinski definition) is 5. The standard InChI is InChI=1S/C20H19FN4O2/c1-27-16-4-2-3-13(11-16)12-17-18(14-5-7-15(21)8-6-14)24-25(19(17)26)20-22-9-10-23-20/h2-8,11,26H,9-10,12H2,1H3,(H,22,23). The third-order valence-corrected chi connectivity index (χ3v) is 4.45. The number of benzene rings is 2. The molecule has 0 spiro atoms. The first kappa shape index (κ1) is 17.1. The Balaban J connectivity index is 1.80. The Bertz CT molecular complexity index is 996. The number of halogens is 1. The minimum atomic E-state index is -0.321. The van der Waals surface area contributed by atoms with Crippen molar-refractivity contribution in [3.8, 4) is 22.9 Å². The van der Waals surface area contributed by atoms with Crippen LogP contribution < -0.4 is 10.1 Å². The SMILES string of the molecule is COc1cccc(Cc2c(-c3ccc(F)cc3)nn(C3=NCCN3)c2O)c1. The fourth-order valence-electron chi connectivity index (χ4n) is 3.11. The second-order valence-corrected chi connectivity index (χ2v) is 6.23. The summed E-state index contributed by atoms with van der Waals surface area (Å²) in [6.45, 7) is 1.33. The first-order valence-corrected chi connectivity index (χ1v) is 8.64. The average Bonchev–Trinajstić information content (AvgIpc) is 3.32. The molecule has 2 heterocycles. The van der Waals surface area contributed by atoms with Gasteiger partial charge in [-0.1, -0.05) is 12.1 Å². The van der Waals surface area contributed by atoms with E-state index in [0.29, 0.717) is 36.7 Å². The molecular formula is C20H19FN4O2. The number of ether oxygens (including phenoxy) is 1. The monoisotopic (exact) mass is 366 g/mol. The highest BCUT2D eigenvalue weighted by Crippen LogP contribution is 2.32. The fraction of sp³-hybridized carbons (Fsp3) is 0.200. The molecule has 0 aliphatic carbocycles. The van der Waals surface area contributed by atoms with Crippen LogP contribution >= 0.6 is 0 Å². The van der Waals surface area contributed by atoms with Crippen LogP contribution in [-0.4, -0.2) is 41.0 Å². The quantitative estimate of drug-likeness (QED) is 0.745. The van der Waals surface area contributed by atoms with Gasteiger partial charge in [-0.3, -0.25) is 0 Å². The molecule has 1 aliphatic heterocycles. The molecular weight excluding hydrogens is 347 g/mol. The number of rotatable bonds is 4. The molecule has 0 saturated heterocycles. The predicted octanol–water partition coefficient (Wildman–Crippen LogP) is 2.80. The van der Waals surface area contributed by atoms with Gasteiger partial charge < -0.3 is 15.2 Å². The molecule has 0 unspecified atom stereocenters. The van der Waals surface area contributed by atoms with E-state index >= 15 is 0 Å². The molecule has 0 radical (unpaired) electrons. The van der Waals surface area contributed by atoms with Gasteiger partial charge in [0.1, 0.15) is 17.3 Å². The smallest absolute Gasteiger partial charge is 0.222 e. The van der Waals surface area contributed by atoms with E-state index in [1.807, 2.05) is 24.3 Å². The molecule has 1 aliphatic rings. The summed E-state index contributed by atoms with van der Waals surface area (Å²) >= 11 is 0. The van der Waals surface area contributed by atoms with Crippen molar-refractivity contribution in [3.63, 3.8) is 0 Å². The molecule has 7 heteroatoms. The summed E-state index contributed by atoms with van der Waals surface area (Å²) < 4.78 is 20.0. The van der Waals surface area contributed by atoms with Crippen LogP contribution in [0, 0.1) is 5.82 Å². The molecule has 0 atom stereocenters. The van der Waals surface area contributed by atoms with Crippen LogP contribution in [0.2, 0.25) is 0 Å². The summed E-state index contributed by atoms with van der Waals surface area (Å²) in [5.41, 5.74) is 2.92. The maximum atomic E-state index is 13.3. The fourth-order valence-corrected chi connectivity index (χ4v) is 3.11. The Morgan fingerprint density at radius 3 is 2.74 bits per heavy atom. The van der Waals surface area contributed by atoms with Gasteiger partial charge in [0, 0.05) is 24.1 Å². The predicted molar refractivity (Wildman–Crippen MR) is 101 cm³/mol. The minimum absolute atomic E-state index is 0.0188. The molecule has 0 saturated carbocycles.